The molecule has 2 aromatic rings. The van der Waals surface area contributed by atoms with E-state index in [2.05, 4.69) is 15.9 Å². The second kappa shape index (κ2) is 10.2. The van der Waals surface area contributed by atoms with Gasteiger partial charge in [-0.05, 0) is 24.6 Å². The molecule has 0 spiro atoms. The van der Waals surface area contributed by atoms with Crippen molar-refractivity contribution in [2.24, 2.45) is 0 Å². The molecule has 0 bridgehead atoms. The third-order valence-electron chi connectivity index (χ3n) is 3.76. The van der Waals surface area contributed by atoms with Gasteiger partial charge in [0.25, 0.3) is 0 Å². The zero-order valence-corrected chi connectivity index (χ0v) is 16.4. The van der Waals surface area contributed by atoms with Gasteiger partial charge in [-0.15, -0.1) is 0 Å². The molecule has 6 heteroatoms. The van der Waals surface area contributed by atoms with Gasteiger partial charge in [0.2, 0.25) is 0 Å². The maximum atomic E-state index is 12.3. The summed E-state index contributed by atoms with van der Waals surface area (Å²) in [4.78, 5) is 0.199. The van der Waals surface area contributed by atoms with Crippen LogP contribution in [-0.2, 0) is 22.1 Å². The minimum absolute atomic E-state index is 0.0228. The van der Waals surface area contributed by atoms with Crippen molar-refractivity contribution in [3.8, 4) is 0 Å². The average molecular weight is 427 g/mol. The number of hydrogen-bond donors (Lipinski definition) is 2. The fraction of sp³-hybridized carbons (Fsp3) is 0.368. The van der Waals surface area contributed by atoms with Crippen molar-refractivity contribution in [3.63, 3.8) is 0 Å². The Hall–Kier alpha value is -1.05. The molecular formula is C19H23BrO4S. The van der Waals surface area contributed by atoms with Crippen LogP contribution in [0.4, 0.5) is 0 Å². The molecule has 0 radical (unpaired) electrons. The Morgan fingerprint density at radius 1 is 1.08 bits per heavy atom. The van der Waals surface area contributed by atoms with Crippen molar-refractivity contribution in [3.05, 3.63) is 65.7 Å². The second-order valence-corrected chi connectivity index (χ2v) is 8.57. The standard InChI is InChI=1S/C19H23BrO4S/c1-14-7-9-16(10-8-14)25(23)13-18(21)19(22)17(20)12-24-11-15-5-3-2-4-6-15/h2-10,17-19,21-22H,11-13H2,1H3/t17-,18-,19-,25-/m0/s1. The highest BCUT2D eigenvalue weighted by Crippen LogP contribution is 2.15. The molecule has 0 aliphatic heterocycles. The van der Waals surface area contributed by atoms with Crippen LogP contribution in [0.2, 0.25) is 0 Å². The van der Waals surface area contributed by atoms with Crippen molar-refractivity contribution in [2.45, 2.75) is 35.5 Å². The van der Waals surface area contributed by atoms with Crippen LogP contribution < -0.4 is 0 Å². The molecule has 2 rings (SSSR count). The predicted molar refractivity (Wildman–Crippen MR) is 103 cm³/mol. The summed E-state index contributed by atoms with van der Waals surface area (Å²) in [6.07, 6.45) is -2.17. The van der Waals surface area contributed by atoms with Gasteiger partial charge < -0.3 is 14.9 Å². The summed E-state index contributed by atoms with van der Waals surface area (Å²) in [5.74, 6) is -0.0228. The molecule has 2 aromatic carbocycles. The van der Waals surface area contributed by atoms with Crippen LogP contribution in [0.3, 0.4) is 0 Å². The highest BCUT2D eigenvalue weighted by Gasteiger charge is 2.26. The minimum Gasteiger partial charge on any atom is -0.389 e. The van der Waals surface area contributed by atoms with E-state index in [1.165, 1.54) is 0 Å². The number of aliphatic hydroxyl groups is 2. The van der Waals surface area contributed by atoms with Crippen LogP contribution in [0.25, 0.3) is 0 Å². The van der Waals surface area contributed by atoms with E-state index in [0.29, 0.717) is 11.5 Å². The molecule has 0 unspecified atom stereocenters. The predicted octanol–water partition coefficient (Wildman–Crippen LogP) is 2.80. The van der Waals surface area contributed by atoms with Gasteiger partial charge >= 0.3 is 0 Å². The fourth-order valence-electron chi connectivity index (χ4n) is 2.24. The molecule has 4 nitrogen and oxygen atoms in total. The lowest BCUT2D eigenvalue weighted by Crippen LogP contribution is -2.39. The normalized spacial score (nSPS) is 16.2. The zero-order chi connectivity index (χ0) is 18.2. The molecule has 0 aliphatic carbocycles. The van der Waals surface area contributed by atoms with Crippen LogP contribution in [0.1, 0.15) is 11.1 Å². The Morgan fingerprint density at radius 3 is 2.36 bits per heavy atom. The van der Waals surface area contributed by atoms with E-state index in [1.54, 1.807) is 12.1 Å². The smallest absolute Gasteiger partial charge is 0.0955 e. The van der Waals surface area contributed by atoms with Crippen LogP contribution in [0.5, 0.6) is 0 Å². The molecule has 0 heterocycles. The Balaban J connectivity index is 1.78. The zero-order valence-electron chi connectivity index (χ0n) is 14.0. The molecule has 0 aliphatic rings. The molecular weight excluding hydrogens is 404 g/mol. The summed E-state index contributed by atoms with van der Waals surface area (Å²) in [6.45, 7) is 2.63. The molecule has 136 valence electrons. The quantitative estimate of drug-likeness (QED) is 0.604. The maximum absolute atomic E-state index is 12.3. The van der Waals surface area contributed by atoms with Gasteiger partial charge in [-0.3, -0.25) is 4.21 Å². The first-order valence-electron chi connectivity index (χ1n) is 8.04. The van der Waals surface area contributed by atoms with Gasteiger partial charge in [0, 0.05) is 4.90 Å². The summed E-state index contributed by atoms with van der Waals surface area (Å²) < 4.78 is 17.8. The van der Waals surface area contributed by atoms with E-state index < -0.39 is 27.8 Å². The van der Waals surface area contributed by atoms with E-state index in [9.17, 15) is 14.4 Å². The number of halogens is 1. The number of benzene rings is 2. The monoisotopic (exact) mass is 426 g/mol. The Labute approximate surface area is 159 Å². The molecule has 2 N–H and O–H groups in total. The van der Waals surface area contributed by atoms with Gasteiger partial charge in [-0.2, -0.15) is 0 Å². The third-order valence-corrected chi connectivity index (χ3v) is 6.01. The van der Waals surface area contributed by atoms with Gasteiger partial charge in [-0.1, -0.05) is 64.0 Å². The van der Waals surface area contributed by atoms with Crippen molar-refractivity contribution >= 4 is 26.7 Å². The summed E-state index contributed by atoms with van der Waals surface area (Å²) in [7, 11) is -1.37. The summed E-state index contributed by atoms with van der Waals surface area (Å²) >= 11 is 3.34. The lowest BCUT2D eigenvalue weighted by molar-refractivity contribution is 0.0107. The first-order chi connectivity index (χ1) is 12.0. The van der Waals surface area contributed by atoms with E-state index in [0.717, 1.165) is 11.1 Å². The first-order valence-corrected chi connectivity index (χ1v) is 10.3. The van der Waals surface area contributed by atoms with Crippen molar-refractivity contribution in [2.75, 3.05) is 12.4 Å². The number of ether oxygens (including phenoxy) is 1. The SMILES string of the molecule is Cc1ccc([S@@](=O)C[C@H](O)[C@@H](O)[C@@H](Br)COCc2ccccc2)cc1. The lowest BCUT2D eigenvalue weighted by atomic mass is 10.2. The van der Waals surface area contributed by atoms with E-state index in [-0.39, 0.29) is 12.4 Å². The van der Waals surface area contributed by atoms with Crippen LogP contribution in [0.15, 0.2) is 59.5 Å². The number of hydrogen-bond acceptors (Lipinski definition) is 4. The Bertz CT molecular complexity index is 663. The van der Waals surface area contributed by atoms with E-state index >= 15 is 0 Å². The first kappa shape index (κ1) is 20.3. The van der Waals surface area contributed by atoms with E-state index in [4.69, 9.17) is 4.74 Å². The molecule has 4 atom stereocenters. The van der Waals surface area contributed by atoms with Gasteiger partial charge in [-0.25, -0.2) is 0 Å². The lowest BCUT2D eigenvalue weighted by Gasteiger charge is -2.22. The highest BCUT2D eigenvalue weighted by atomic mass is 79.9. The van der Waals surface area contributed by atoms with Gasteiger partial charge in [0.1, 0.15) is 0 Å². The molecule has 0 saturated heterocycles. The summed E-state index contributed by atoms with van der Waals surface area (Å²) in [6, 6.07) is 17.0. The molecule has 25 heavy (non-hydrogen) atoms. The number of aryl methyl sites for hydroxylation is 1. The highest BCUT2D eigenvalue weighted by molar-refractivity contribution is 9.09. The van der Waals surface area contributed by atoms with Crippen molar-refractivity contribution < 1.29 is 19.2 Å². The second-order valence-electron chi connectivity index (χ2n) is 5.90. The van der Waals surface area contributed by atoms with Crippen LogP contribution in [-0.4, -0.2) is 43.8 Å². The largest absolute Gasteiger partial charge is 0.389 e. The molecule has 0 amide bonds. The topological polar surface area (TPSA) is 66.8 Å². The molecule has 0 fully saturated rings. The Morgan fingerprint density at radius 2 is 1.72 bits per heavy atom. The van der Waals surface area contributed by atoms with Crippen molar-refractivity contribution in [1.29, 1.82) is 0 Å². The Kier molecular flexibility index (Phi) is 8.26. The number of rotatable bonds is 9. The molecule has 0 aromatic heterocycles. The minimum atomic E-state index is -1.37. The fourth-order valence-corrected chi connectivity index (χ4v) is 3.92. The van der Waals surface area contributed by atoms with Crippen LogP contribution >= 0.6 is 15.9 Å². The average Bonchev–Trinajstić information content (AvgIpc) is 2.62. The number of alkyl halides is 1. The number of aliphatic hydroxyl groups excluding tert-OH is 2. The third kappa shape index (κ3) is 6.64. The van der Waals surface area contributed by atoms with Crippen molar-refractivity contribution in [1.82, 2.24) is 0 Å². The maximum Gasteiger partial charge on any atom is 0.0955 e. The van der Waals surface area contributed by atoms with Gasteiger partial charge in [0.15, 0.2) is 0 Å². The van der Waals surface area contributed by atoms with Gasteiger partial charge in [0.05, 0.1) is 46.8 Å². The van der Waals surface area contributed by atoms with E-state index in [1.807, 2.05) is 49.4 Å². The molecule has 0 saturated carbocycles. The summed E-state index contributed by atoms with van der Waals surface area (Å²) in [5.41, 5.74) is 2.12. The van der Waals surface area contributed by atoms with Crippen LogP contribution in [0, 0.1) is 6.92 Å². The summed E-state index contributed by atoms with van der Waals surface area (Å²) in [5, 5.41) is 20.4.